The topological polar surface area (TPSA) is 80.0 Å². The van der Waals surface area contributed by atoms with Crippen molar-refractivity contribution in [1.29, 1.82) is 0 Å². The van der Waals surface area contributed by atoms with Gasteiger partial charge in [-0.3, -0.25) is 10.1 Å². The molecule has 0 aliphatic heterocycles. The standard InChI is InChI=1S/C14H18N4O2.ClH/c1-2-6-13(14(19)20)15-9-11-10-16-18(17-11)12-7-4-3-5-8-12;/h3-5,7-8,10,13,15H,2,6,9H2,1H3,(H,19,20);1H. The maximum Gasteiger partial charge on any atom is 0.320 e. The van der Waals surface area contributed by atoms with Crippen LogP contribution in [0, 0.1) is 0 Å². The molecule has 0 bridgehead atoms. The molecule has 114 valence electrons. The lowest BCUT2D eigenvalue weighted by Gasteiger charge is -2.11. The van der Waals surface area contributed by atoms with E-state index in [0.29, 0.717) is 13.0 Å². The average Bonchev–Trinajstić information content (AvgIpc) is 2.93. The van der Waals surface area contributed by atoms with E-state index < -0.39 is 12.0 Å². The van der Waals surface area contributed by atoms with Crippen molar-refractivity contribution >= 4 is 18.4 Å². The van der Waals surface area contributed by atoms with Crippen LogP contribution in [-0.4, -0.2) is 32.1 Å². The van der Waals surface area contributed by atoms with Crippen molar-refractivity contribution in [2.75, 3.05) is 0 Å². The third-order valence-corrected chi connectivity index (χ3v) is 2.93. The second-order valence-electron chi connectivity index (χ2n) is 4.52. The van der Waals surface area contributed by atoms with Gasteiger partial charge in [-0.15, -0.1) is 12.4 Å². The number of aromatic nitrogens is 3. The monoisotopic (exact) mass is 310 g/mol. The fraction of sp³-hybridized carbons (Fsp3) is 0.357. The lowest BCUT2D eigenvalue weighted by atomic mass is 10.1. The quantitative estimate of drug-likeness (QED) is 0.818. The highest BCUT2D eigenvalue weighted by molar-refractivity contribution is 5.85. The fourth-order valence-corrected chi connectivity index (χ4v) is 1.89. The van der Waals surface area contributed by atoms with Crippen LogP contribution in [0.2, 0.25) is 0 Å². The van der Waals surface area contributed by atoms with Gasteiger partial charge >= 0.3 is 5.97 Å². The van der Waals surface area contributed by atoms with E-state index in [0.717, 1.165) is 17.8 Å². The second kappa shape index (κ2) is 8.39. The normalized spacial score (nSPS) is 11.7. The van der Waals surface area contributed by atoms with Crippen molar-refractivity contribution < 1.29 is 9.90 Å². The summed E-state index contributed by atoms with van der Waals surface area (Å²) in [5.74, 6) is -0.831. The van der Waals surface area contributed by atoms with Crippen molar-refractivity contribution in [2.24, 2.45) is 0 Å². The van der Waals surface area contributed by atoms with Gasteiger partial charge in [0.15, 0.2) is 0 Å². The second-order valence-corrected chi connectivity index (χ2v) is 4.52. The maximum atomic E-state index is 11.0. The zero-order valence-corrected chi connectivity index (χ0v) is 12.6. The zero-order valence-electron chi connectivity index (χ0n) is 11.8. The number of rotatable bonds is 7. The highest BCUT2D eigenvalue weighted by Crippen LogP contribution is 2.05. The lowest BCUT2D eigenvalue weighted by molar-refractivity contribution is -0.139. The number of nitrogens with zero attached hydrogens (tertiary/aromatic N) is 3. The van der Waals surface area contributed by atoms with Gasteiger partial charge in [-0.2, -0.15) is 15.0 Å². The molecule has 0 radical (unpaired) electrons. The number of carbonyl (C=O) groups is 1. The maximum absolute atomic E-state index is 11.0. The largest absolute Gasteiger partial charge is 0.480 e. The van der Waals surface area contributed by atoms with Crippen molar-refractivity contribution in [3.8, 4) is 5.69 Å². The molecule has 21 heavy (non-hydrogen) atoms. The van der Waals surface area contributed by atoms with Gasteiger partial charge in [-0.1, -0.05) is 31.5 Å². The summed E-state index contributed by atoms with van der Waals surface area (Å²) in [6, 6.07) is 9.04. The van der Waals surface area contributed by atoms with Gasteiger partial charge in [0.05, 0.1) is 17.6 Å². The molecule has 1 aromatic heterocycles. The van der Waals surface area contributed by atoms with E-state index in [4.69, 9.17) is 5.11 Å². The number of hydrogen-bond acceptors (Lipinski definition) is 4. The summed E-state index contributed by atoms with van der Waals surface area (Å²) in [7, 11) is 0. The number of para-hydroxylation sites is 1. The van der Waals surface area contributed by atoms with Crippen molar-refractivity contribution in [1.82, 2.24) is 20.3 Å². The molecule has 7 heteroatoms. The van der Waals surface area contributed by atoms with E-state index in [2.05, 4.69) is 15.5 Å². The van der Waals surface area contributed by atoms with E-state index in [1.54, 1.807) is 6.20 Å². The molecule has 1 aromatic carbocycles. The molecular formula is C14H19ClN4O2. The Morgan fingerprint density at radius 2 is 2.10 bits per heavy atom. The number of aliphatic carboxylic acids is 1. The molecule has 1 unspecified atom stereocenters. The Hall–Kier alpha value is -1.92. The minimum Gasteiger partial charge on any atom is -0.480 e. The first-order chi connectivity index (χ1) is 9.70. The van der Waals surface area contributed by atoms with Crippen LogP contribution in [-0.2, 0) is 11.3 Å². The van der Waals surface area contributed by atoms with Gasteiger partial charge in [0.1, 0.15) is 6.04 Å². The van der Waals surface area contributed by atoms with Crippen molar-refractivity contribution in [3.63, 3.8) is 0 Å². The SMILES string of the molecule is CCCC(NCc1cnn(-c2ccccc2)n1)C(=O)O.Cl. The molecular weight excluding hydrogens is 292 g/mol. The van der Waals surface area contributed by atoms with Gasteiger partial charge in [0.25, 0.3) is 0 Å². The number of carboxylic acids is 1. The lowest BCUT2D eigenvalue weighted by Crippen LogP contribution is -2.36. The molecule has 0 fully saturated rings. The first-order valence-corrected chi connectivity index (χ1v) is 6.63. The Morgan fingerprint density at radius 1 is 1.38 bits per heavy atom. The average molecular weight is 311 g/mol. The number of halogens is 1. The van der Waals surface area contributed by atoms with Gasteiger partial charge in [-0.05, 0) is 18.6 Å². The van der Waals surface area contributed by atoms with Gasteiger partial charge in [0.2, 0.25) is 0 Å². The Morgan fingerprint density at radius 3 is 2.71 bits per heavy atom. The van der Waals surface area contributed by atoms with Crippen LogP contribution in [0.5, 0.6) is 0 Å². The summed E-state index contributed by atoms with van der Waals surface area (Å²) >= 11 is 0. The molecule has 0 saturated carbocycles. The molecule has 2 N–H and O–H groups in total. The van der Waals surface area contributed by atoms with Crippen LogP contribution in [0.3, 0.4) is 0 Å². The fourth-order valence-electron chi connectivity index (χ4n) is 1.89. The van der Waals surface area contributed by atoms with Crippen LogP contribution in [0.4, 0.5) is 0 Å². The third kappa shape index (κ3) is 4.84. The summed E-state index contributed by atoms with van der Waals surface area (Å²) in [5, 5.41) is 20.5. The number of carboxylic acid groups (broad SMARTS) is 1. The van der Waals surface area contributed by atoms with Gasteiger partial charge < -0.3 is 5.11 Å². The summed E-state index contributed by atoms with van der Waals surface area (Å²) < 4.78 is 0. The van der Waals surface area contributed by atoms with Crippen LogP contribution in [0.1, 0.15) is 25.5 Å². The smallest absolute Gasteiger partial charge is 0.320 e. The number of hydrogen-bond donors (Lipinski definition) is 2. The minimum absolute atomic E-state index is 0. The molecule has 1 atom stereocenters. The molecule has 0 aliphatic rings. The highest BCUT2D eigenvalue weighted by atomic mass is 35.5. The van der Waals surface area contributed by atoms with E-state index >= 15 is 0 Å². The number of benzene rings is 1. The summed E-state index contributed by atoms with van der Waals surface area (Å²) in [6.45, 7) is 2.35. The van der Waals surface area contributed by atoms with Crippen molar-refractivity contribution in [2.45, 2.75) is 32.4 Å². The predicted molar refractivity (Wildman–Crippen MR) is 81.8 cm³/mol. The molecule has 0 amide bonds. The van der Waals surface area contributed by atoms with E-state index in [1.807, 2.05) is 37.3 Å². The van der Waals surface area contributed by atoms with Crippen molar-refractivity contribution in [3.05, 3.63) is 42.2 Å². The Bertz CT molecular complexity index is 559. The van der Waals surface area contributed by atoms with Crippen LogP contribution in [0.25, 0.3) is 5.69 Å². The van der Waals surface area contributed by atoms with E-state index in [9.17, 15) is 4.79 Å². The summed E-state index contributed by atoms with van der Waals surface area (Å²) in [4.78, 5) is 12.6. The predicted octanol–water partition coefficient (Wildman–Crippen LogP) is 2.03. The third-order valence-electron chi connectivity index (χ3n) is 2.93. The zero-order chi connectivity index (χ0) is 14.4. The molecule has 0 spiro atoms. The minimum atomic E-state index is -0.831. The first-order valence-electron chi connectivity index (χ1n) is 6.63. The Labute approximate surface area is 129 Å². The Kier molecular flexibility index (Phi) is 6.84. The number of nitrogens with one attached hydrogen (secondary N) is 1. The summed E-state index contributed by atoms with van der Waals surface area (Å²) in [6.07, 6.45) is 3.06. The van der Waals surface area contributed by atoms with E-state index in [-0.39, 0.29) is 12.4 Å². The molecule has 2 rings (SSSR count). The van der Waals surface area contributed by atoms with E-state index in [1.165, 1.54) is 4.80 Å². The van der Waals surface area contributed by atoms with Crippen LogP contribution >= 0.6 is 12.4 Å². The Balaban J connectivity index is 0.00000220. The van der Waals surface area contributed by atoms with Gasteiger partial charge in [0, 0.05) is 6.54 Å². The molecule has 0 saturated heterocycles. The molecule has 6 nitrogen and oxygen atoms in total. The summed E-state index contributed by atoms with van der Waals surface area (Å²) in [5.41, 5.74) is 1.60. The van der Waals surface area contributed by atoms with Gasteiger partial charge in [-0.25, -0.2) is 0 Å². The molecule has 0 aliphatic carbocycles. The molecule has 2 aromatic rings. The van der Waals surface area contributed by atoms with Crippen LogP contribution in [0.15, 0.2) is 36.5 Å². The first kappa shape index (κ1) is 17.1. The highest BCUT2D eigenvalue weighted by Gasteiger charge is 2.15. The van der Waals surface area contributed by atoms with Crippen LogP contribution < -0.4 is 5.32 Å². The molecule has 1 heterocycles.